The molecule has 0 aromatic heterocycles. The lowest BCUT2D eigenvalue weighted by Crippen LogP contribution is -1.92. The zero-order valence-corrected chi connectivity index (χ0v) is 12.3. The van der Waals surface area contributed by atoms with Crippen molar-refractivity contribution in [2.45, 2.75) is 57.5 Å². The first-order valence-electron chi connectivity index (χ1n) is 4.85. The van der Waals surface area contributed by atoms with Gasteiger partial charge < -0.3 is 0 Å². The summed E-state index contributed by atoms with van der Waals surface area (Å²) in [4.78, 5) is 0. The van der Waals surface area contributed by atoms with E-state index in [0.717, 1.165) is 0 Å². The maximum Gasteiger partial charge on any atom is 0.00140 e. The highest BCUT2D eigenvalue weighted by Gasteiger charge is 1.93. The lowest BCUT2D eigenvalue weighted by atomic mass is 10.2. The van der Waals surface area contributed by atoms with E-state index in [-0.39, 0.29) is 0 Å². The number of rotatable bonds is 3. The molecule has 0 N–H and O–H groups in total. The molecule has 0 aromatic carbocycles. The molecule has 0 aliphatic heterocycles. The van der Waals surface area contributed by atoms with Gasteiger partial charge in [0.15, 0.2) is 0 Å². The summed E-state index contributed by atoms with van der Waals surface area (Å²) in [6.45, 7) is 8.43. The Labute approximate surface area is 102 Å². The Morgan fingerprint density at radius 2 is 1.31 bits per heavy atom. The van der Waals surface area contributed by atoms with Crippen LogP contribution in [0.2, 0.25) is 0 Å². The van der Waals surface area contributed by atoms with Crippen LogP contribution in [0, 0.1) is 0 Å². The molecule has 0 bridgehead atoms. The van der Waals surface area contributed by atoms with Gasteiger partial charge in [0.2, 0.25) is 0 Å². The molecule has 0 nitrogen and oxygen atoms in total. The molecule has 84 valence electrons. The Hall–Kier alpha value is 1.05. The summed E-state index contributed by atoms with van der Waals surface area (Å²) >= 11 is 11.8. The fraction of sp³-hybridized carbons (Fsp3) is 1.00. The summed E-state index contributed by atoms with van der Waals surface area (Å²) < 4.78 is 0. The molecule has 0 spiro atoms. The smallest absolute Gasteiger partial charge is 0.00140 e. The van der Waals surface area contributed by atoms with Crippen molar-refractivity contribution in [3.05, 3.63) is 0 Å². The normalized spacial score (nSPS) is 10.8. The molecule has 0 radical (unpaired) electrons. The number of hydrogen-bond acceptors (Lipinski definition) is 3. The van der Waals surface area contributed by atoms with Gasteiger partial charge in [0.05, 0.1) is 0 Å². The molecule has 3 heteroatoms. The van der Waals surface area contributed by atoms with Crippen molar-refractivity contribution in [1.82, 2.24) is 0 Å². The molecule has 0 heterocycles. The van der Waals surface area contributed by atoms with Crippen molar-refractivity contribution in [2.24, 2.45) is 0 Å². The van der Waals surface area contributed by atoms with E-state index >= 15 is 0 Å². The lowest BCUT2D eigenvalue weighted by molar-refractivity contribution is 0.724. The van der Waals surface area contributed by atoms with Gasteiger partial charge in [0, 0.05) is 5.25 Å². The predicted octanol–water partition coefficient (Wildman–Crippen LogP) is 4.37. The number of thiol groups is 3. The maximum absolute atomic E-state index is 4.31. The second-order valence-electron chi connectivity index (χ2n) is 2.94. The third-order valence-corrected chi connectivity index (χ3v) is 1.72. The average Bonchev–Trinajstić information content (AvgIpc) is 2.07. The molecular formula is C10H26S3. The topological polar surface area (TPSA) is 0 Å². The lowest BCUT2D eigenvalue weighted by Gasteiger charge is -2.01. The van der Waals surface area contributed by atoms with E-state index in [1.54, 1.807) is 6.26 Å². The highest BCUT2D eigenvalue weighted by molar-refractivity contribution is 7.81. The number of hydrogen-bond donors (Lipinski definition) is 3. The van der Waals surface area contributed by atoms with E-state index in [1.807, 2.05) is 13.8 Å². The predicted molar refractivity (Wildman–Crippen MR) is 77.0 cm³/mol. The molecule has 0 aromatic rings. The molecule has 0 saturated carbocycles. The SMILES string of the molecule is CC(C)S.CCCC(S)CC.CS. The first-order valence-corrected chi connectivity index (χ1v) is 6.78. The molecule has 0 aliphatic carbocycles. The van der Waals surface area contributed by atoms with Gasteiger partial charge in [0.1, 0.15) is 0 Å². The fourth-order valence-electron chi connectivity index (χ4n) is 0.537. The minimum absolute atomic E-state index is 0.528. The second kappa shape index (κ2) is 18.8. The van der Waals surface area contributed by atoms with Crippen LogP contribution in [0.1, 0.15) is 47.0 Å². The molecule has 0 amide bonds. The standard InChI is InChI=1S/C6H14S.C3H8S.CH4S/c1-3-5-6(7)4-2;1-3(2)4;1-2/h6-7H,3-5H2,1-2H3;3-4H,1-2H3;2H,1H3. The van der Waals surface area contributed by atoms with Crippen LogP contribution in [0.25, 0.3) is 0 Å². The minimum Gasteiger partial charge on any atom is -0.183 e. The van der Waals surface area contributed by atoms with Crippen molar-refractivity contribution in [3.63, 3.8) is 0 Å². The molecule has 0 rings (SSSR count). The van der Waals surface area contributed by atoms with Crippen LogP contribution in [0.5, 0.6) is 0 Å². The van der Waals surface area contributed by atoms with Crippen LogP contribution in [0.3, 0.4) is 0 Å². The second-order valence-corrected chi connectivity index (χ2v) is 4.71. The van der Waals surface area contributed by atoms with Gasteiger partial charge in [-0.25, -0.2) is 0 Å². The zero-order chi connectivity index (χ0) is 11.3. The van der Waals surface area contributed by atoms with Gasteiger partial charge in [-0.05, 0) is 24.3 Å². The van der Waals surface area contributed by atoms with E-state index < -0.39 is 0 Å². The van der Waals surface area contributed by atoms with Crippen molar-refractivity contribution < 1.29 is 0 Å². The van der Waals surface area contributed by atoms with Crippen LogP contribution in [-0.4, -0.2) is 16.8 Å². The summed E-state index contributed by atoms with van der Waals surface area (Å²) in [5, 5.41) is 1.17. The van der Waals surface area contributed by atoms with Crippen LogP contribution < -0.4 is 0 Å². The first kappa shape index (κ1) is 19.6. The third kappa shape index (κ3) is 43.5. The van der Waals surface area contributed by atoms with Crippen molar-refractivity contribution in [3.8, 4) is 0 Å². The van der Waals surface area contributed by atoms with E-state index in [2.05, 4.69) is 51.7 Å². The van der Waals surface area contributed by atoms with Crippen molar-refractivity contribution in [2.75, 3.05) is 6.26 Å². The maximum atomic E-state index is 4.31. The van der Waals surface area contributed by atoms with E-state index in [9.17, 15) is 0 Å². The van der Waals surface area contributed by atoms with E-state index in [0.29, 0.717) is 10.5 Å². The molecule has 13 heavy (non-hydrogen) atoms. The van der Waals surface area contributed by atoms with E-state index in [1.165, 1.54) is 19.3 Å². The Bertz CT molecular complexity index is 62.4. The molecule has 1 atom stereocenters. The molecule has 0 fully saturated rings. The van der Waals surface area contributed by atoms with Crippen LogP contribution in [0.15, 0.2) is 0 Å². The van der Waals surface area contributed by atoms with Gasteiger partial charge in [-0.1, -0.05) is 34.1 Å². The highest BCUT2D eigenvalue weighted by atomic mass is 32.1. The minimum atomic E-state index is 0.528. The van der Waals surface area contributed by atoms with Gasteiger partial charge >= 0.3 is 0 Å². The summed E-state index contributed by atoms with van der Waals surface area (Å²) in [7, 11) is 0. The summed E-state index contributed by atoms with van der Waals surface area (Å²) in [6, 6.07) is 0. The van der Waals surface area contributed by atoms with E-state index in [4.69, 9.17) is 0 Å². The van der Waals surface area contributed by atoms with Crippen LogP contribution in [0.4, 0.5) is 0 Å². The van der Waals surface area contributed by atoms with Crippen LogP contribution in [-0.2, 0) is 0 Å². The zero-order valence-electron chi connectivity index (χ0n) is 9.62. The van der Waals surface area contributed by atoms with Gasteiger partial charge in [0.25, 0.3) is 0 Å². The summed E-state index contributed by atoms with van der Waals surface area (Å²) in [5.74, 6) is 0. The third-order valence-electron chi connectivity index (χ3n) is 1.09. The van der Waals surface area contributed by atoms with Crippen molar-refractivity contribution >= 4 is 37.9 Å². The first-order chi connectivity index (χ1) is 6.04. The molecule has 0 aliphatic rings. The molecule has 1 unspecified atom stereocenters. The van der Waals surface area contributed by atoms with Gasteiger partial charge in [-0.3, -0.25) is 0 Å². The average molecular weight is 243 g/mol. The monoisotopic (exact) mass is 242 g/mol. The largest absolute Gasteiger partial charge is 0.183 e. The molecular weight excluding hydrogens is 216 g/mol. The summed E-state index contributed by atoms with van der Waals surface area (Å²) in [6.07, 6.45) is 5.43. The molecule has 0 saturated heterocycles. The highest BCUT2D eigenvalue weighted by Crippen LogP contribution is 2.06. The quantitative estimate of drug-likeness (QED) is 0.602. The van der Waals surface area contributed by atoms with Gasteiger partial charge in [-0.15, -0.1) is 0 Å². The Balaban J connectivity index is -0.000000142. The fourth-order valence-corrected chi connectivity index (χ4v) is 0.796. The Morgan fingerprint density at radius 3 is 1.38 bits per heavy atom. The van der Waals surface area contributed by atoms with Gasteiger partial charge in [-0.2, -0.15) is 37.9 Å². The van der Waals surface area contributed by atoms with Crippen LogP contribution >= 0.6 is 37.9 Å². The van der Waals surface area contributed by atoms with Crippen molar-refractivity contribution in [1.29, 1.82) is 0 Å². The Morgan fingerprint density at radius 1 is 1.00 bits per heavy atom. The Kier molecular flexibility index (Phi) is 28.3. The summed E-state index contributed by atoms with van der Waals surface area (Å²) in [5.41, 5.74) is 0.